The summed E-state index contributed by atoms with van der Waals surface area (Å²) in [6, 6.07) is 0. The molecule has 0 bridgehead atoms. The van der Waals surface area contributed by atoms with E-state index in [-0.39, 0.29) is 0 Å². The van der Waals surface area contributed by atoms with Crippen LogP contribution in [-0.2, 0) is 0 Å². The number of aliphatic hydroxyl groups is 1. The van der Waals surface area contributed by atoms with Crippen LogP contribution in [0, 0.1) is 5.92 Å². The topological polar surface area (TPSA) is 70.1 Å². The molecule has 5 nitrogen and oxygen atoms in total. The van der Waals surface area contributed by atoms with Crippen LogP contribution in [0.1, 0.15) is 39.5 Å². The van der Waals surface area contributed by atoms with Crippen LogP contribution in [0.2, 0.25) is 0 Å². The molecule has 0 aromatic carbocycles. The van der Waals surface area contributed by atoms with Gasteiger partial charge in [0.1, 0.15) is 11.6 Å². The van der Waals surface area contributed by atoms with Crippen molar-refractivity contribution in [2.24, 2.45) is 5.92 Å². The van der Waals surface area contributed by atoms with E-state index >= 15 is 0 Å². The first-order valence-corrected chi connectivity index (χ1v) is 7.13. The molecular formula is C14H24N4O. The lowest BCUT2D eigenvalue weighted by molar-refractivity contribution is 0.00494. The van der Waals surface area contributed by atoms with Gasteiger partial charge in [-0.2, -0.15) is 0 Å². The second-order valence-corrected chi connectivity index (χ2v) is 5.58. The number of hydrogen-bond acceptors (Lipinski definition) is 5. The molecule has 1 aromatic rings. The van der Waals surface area contributed by atoms with Gasteiger partial charge in [-0.25, -0.2) is 4.98 Å². The predicted octanol–water partition coefficient (Wildman–Crippen LogP) is 2.26. The summed E-state index contributed by atoms with van der Waals surface area (Å²) in [7, 11) is 0. The minimum atomic E-state index is -0.595. The van der Waals surface area contributed by atoms with Gasteiger partial charge in [-0.15, -0.1) is 0 Å². The fraction of sp³-hybridized carbons (Fsp3) is 0.714. The molecular weight excluding hydrogens is 240 g/mol. The summed E-state index contributed by atoms with van der Waals surface area (Å²) in [5, 5.41) is 16.8. The lowest BCUT2D eigenvalue weighted by Gasteiger charge is -2.35. The van der Waals surface area contributed by atoms with E-state index in [1.165, 1.54) is 0 Å². The van der Waals surface area contributed by atoms with Gasteiger partial charge in [-0.1, -0.05) is 6.92 Å². The summed E-state index contributed by atoms with van der Waals surface area (Å²) in [4.78, 5) is 8.53. The van der Waals surface area contributed by atoms with Crippen molar-refractivity contribution >= 4 is 11.6 Å². The number of aromatic nitrogens is 2. The third kappa shape index (κ3) is 4.06. The second-order valence-electron chi connectivity index (χ2n) is 5.58. The Morgan fingerprint density at radius 1 is 1.26 bits per heavy atom. The second kappa shape index (κ2) is 6.19. The summed E-state index contributed by atoms with van der Waals surface area (Å²) in [6.45, 7) is 5.63. The van der Waals surface area contributed by atoms with Crippen LogP contribution in [0.3, 0.4) is 0 Å². The highest BCUT2D eigenvalue weighted by Gasteiger charge is 2.31. The van der Waals surface area contributed by atoms with Crippen molar-refractivity contribution in [1.29, 1.82) is 0 Å². The van der Waals surface area contributed by atoms with Crippen LogP contribution in [0.25, 0.3) is 0 Å². The van der Waals surface area contributed by atoms with Gasteiger partial charge >= 0.3 is 0 Å². The first-order valence-electron chi connectivity index (χ1n) is 7.13. The molecule has 0 aliphatic heterocycles. The quantitative estimate of drug-likeness (QED) is 0.761. The van der Waals surface area contributed by atoms with E-state index in [1.807, 2.05) is 6.92 Å². The first kappa shape index (κ1) is 14.1. The minimum Gasteiger partial charge on any atom is -0.388 e. The van der Waals surface area contributed by atoms with Gasteiger partial charge in [-0.3, -0.25) is 4.98 Å². The summed E-state index contributed by atoms with van der Waals surface area (Å²) < 4.78 is 0. The summed E-state index contributed by atoms with van der Waals surface area (Å²) >= 11 is 0. The Hall–Kier alpha value is -1.36. The number of rotatable bonds is 5. The maximum Gasteiger partial charge on any atom is 0.147 e. The predicted molar refractivity (Wildman–Crippen MR) is 77.3 cm³/mol. The molecule has 5 heteroatoms. The lowest BCUT2D eigenvalue weighted by atomic mass is 9.79. The molecule has 1 saturated carbocycles. The van der Waals surface area contributed by atoms with E-state index in [1.54, 1.807) is 12.4 Å². The van der Waals surface area contributed by atoms with Crippen molar-refractivity contribution in [3.63, 3.8) is 0 Å². The zero-order chi connectivity index (χ0) is 13.7. The SMILES string of the molecule is CCNc1cncc(NCC2(O)CCC(C)CC2)n1. The van der Waals surface area contributed by atoms with Crippen LogP contribution in [0.5, 0.6) is 0 Å². The van der Waals surface area contributed by atoms with E-state index in [9.17, 15) is 5.11 Å². The molecule has 1 aliphatic rings. The van der Waals surface area contributed by atoms with E-state index < -0.39 is 5.60 Å². The molecule has 0 amide bonds. The lowest BCUT2D eigenvalue weighted by Crippen LogP contribution is -2.40. The van der Waals surface area contributed by atoms with Gasteiger partial charge in [0.25, 0.3) is 0 Å². The van der Waals surface area contributed by atoms with E-state index in [0.717, 1.165) is 44.0 Å². The molecule has 0 saturated heterocycles. The van der Waals surface area contributed by atoms with Gasteiger partial charge in [0.05, 0.1) is 18.0 Å². The fourth-order valence-electron chi connectivity index (χ4n) is 2.45. The van der Waals surface area contributed by atoms with Crippen LogP contribution in [-0.4, -0.2) is 33.8 Å². The van der Waals surface area contributed by atoms with Crippen molar-refractivity contribution in [1.82, 2.24) is 9.97 Å². The molecule has 106 valence electrons. The molecule has 1 aliphatic carbocycles. The third-order valence-electron chi connectivity index (χ3n) is 3.80. The van der Waals surface area contributed by atoms with E-state index in [0.29, 0.717) is 12.4 Å². The smallest absolute Gasteiger partial charge is 0.147 e. The Kier molecular flexibility index (Phi) is 4.58. The molecule has 0 radical (unpaired) electrons. The minimum absolute atomic E-state index is 0.546. The molecule has 0 atom stereocenters. The van der Waals surface area contributed by atoms with Crippen molar-refractivity contribution in [3.05, 3.63) is 12.4 Å². The monoisotopic (exact) mass is 264 g/mol. The largest absolute Gasteiger partial charge is 0.388 e. The third-order valence-corrected chi connectivity index (χ3v) is 3.80. The highest BCUT2D eigenvalue weighted by Crippen LogP contribution is 2.31. The van der Waals surface area contributed by atoms with Crippen molar-refractivity contribution < 1.29 is 5.11 Å². The van der Waals surface area contributed by atoms with E-state index in [2.05, 4.69) is 27.5 Å². The van der Waals surface area contributed by atoms with Gasteiger partial charge in [0.15, 0.2) is 0 Å². The molecule has 3 N–H and O–H groups in total. The molecule has 0 unspecified atom stereocenters. The Bertz CT molecular complexity index is 402. The van der Waals surface area contributed by atoms with Crippen molar-refractivity contribution in [3.8, 4) is 0 Å². The highest BCUT2D eigenvalue weighted by atomic mass is 16.3. The first-order chi connectivity index (χ1) is 9.11. The van der Waals surface area contributed by atoms with E-state index in [4.69, 9.17) is 0 Å². The Labute approximate surface area is 114 Å². The maximum atomic E-state index is 10.5. The fourth-order valence-corrected chi connectivity index (χ4v) is 2.45. The summed E-state index contributed by atoms with van der Waals surface area (Å²) in [5.74, 6) is 2.21. The summed E-state index contributed by atoms with van der Waals surface area (Å²) in [6.07, 6.45) is 7.31. The molecule has 1 fully saturated rings. The normalized spacial score (nSPS) is 27.0. The standard InChI is InChI=1S/C14H24N4O/c1-3-16-12-8-15-9-13(18-12)17-10-14(19)6-4-11(2)5-7-14/h8-9,11,19H,3-7,10H2,1-2H3,(H2,16,17,18). The van der Waals surface area contributed by atoms with Gasteiger partial charge in [0, 0.05) is 13.1 Å². The number of anilines is 2. The number of nitrogens with one attached hydrogen (secondary N) is 2. The molecule has 2 rings (SSSR count). The van der Waals surface area contributed by atoms with Crippen LogP contribution >= 0.6 is 0 Å². The average Bonchev–Trinajstić information content (AvgIpc) is 2.41. The number of hydrogen-bond donors (Lipinski definition) is 3. The van der Waals surface area contributed by atoms with Crippen molar-refractivity contribution in [2.75, 3.05) is 23.7 Å². The van der Waals surface area contributed by atoms with Crippen molar-refractivity contribution in [2.45, 2.75) is 45.1 Å². The zero-order valence-corrected chi connectivity index (χ0v) is 11.8. The Morgan fingerprint density at radius 3 is 2.53 bits per heavy atom. The van der Waals surface area contributed by atoms with Crippen LogP contribution < -0.4 is 10.6 Å². The molecule has 1 heterocycles. The van der Waals surface area contributed by atoms with Gasteiger partial charge < -0.3 is 15.7 Å². The Morgan fingerprint density at radius 2 is 1.89 bits per heavy atom. The Balaban J connectivity index is 1.89. The highest BCUT2D eigenvalue weighted by molar-refractivity contribution is 5.41. The molecule has 0 spiro atoms. The average molecular weight is 264 g/mol. The summed E-state index contributed by atoms with van der Waals surface area (Å²) in [5.41, 5.74) is -0.595. The van der Waals surface area contributed by atoms with Crippen LogP contribution in [0.4, 0.5) is 11.6 Å². The number of nitrogens with zero attached hydrogens (tertiary/aromatic N) is 2. The van der Waals surface area contributed by atoms with Crippen LogP contribution in [0.15, 0.2) is 12.4 Å². The molecule has 19 heavy (non-hydrogen) atoms. The maximum absolute atomic E-state index is 10.5. The van der Waals surface area contributed by atoms with Gasteiger partial charge in [0.2, 0.25) is 0 Å². The molecule has 1 aromatic heterocycles. The zero-order valence-electron chi connectivity index (χ0n) is 11.8. The van der Waals surface area contributed by atoms with Gasteiger partial charge in [-0.05, 0) is 38.5 Å².